The number of nitrogens with one attached hydrogen (secondary N) is 1. The van der Waals surface area contributed by atoms with Gasteiger partial charge in [-0.15, -0.1) is 11.3 Å². The maximum absolute atomic E-state index is 11.6. The monoisotopic (exact) mass is 296 g/mol. The molecule has 0 fully saturated rings. The van der Waals surface area contributed by atoms with Crippen LogP contribution in [-0.2, 0) is 6.54 Å². The molecular formula is C11H9BrN2OS. The summed E-state index contributed by atoms with van der Waals surface area (Å²) in [5, 5.41) is 5.08. The van der Waals surface area contributed by atoms with Gasteiger partial charge in [-0.3, -0.25) is 4.79 Å². The van der Waals surface area contributed by atoms with Crippen molar-refractivity contribution in [3.05, 3.63) is 50.9 Å². The fourth-order valence-corrected chi connectivity index (χ4v) is 2.38. The third kappa shape index (κ3) is 2.90. The molecule has 5 heteroatoms. The summed E-state index contributed by atoms with van der Waals surface area (Å²) >= 11 is 4.54. The van der Waals surface area contributed by atoms with Gasteiger partial charge in [0, 0.05) is 11.9 Å². The summed E-state index contributed by atoms with van der Waals surface area (Å²) in [6, 6.07) is 9.78. The predicted octanol–water partition coefficient (Wildman–Crippen LogP) is 2.84. The highest BCUT2D eigenvalue weighted by molar-refractivity contribution is 9.10. The molecule has 3 nitrogen and oxygen atoms in total. The van der Waals surface area contributed by atoms with Crippen LogP contribution in [0.15, 0.2) is 40.3 Å². The van der Waals surface area contributed by atoms with E-state index in [-0.39, 0.29) is 5.91 Å². The van der Waals surface area contributed by atoms with E-state index in [2.05, 4.69) is 26.2 Å². The summed E-state index contributed by atoms with van der Waals surface area (Å²) in [6.45, 7) is 0.525. The molecule has 0 aliphatic rings. The third-order valence-corrected chi connectivity index (χ3v) is 3.52. The van der Waals surface area contributed by atoms with Crippen LogP contribution in [0, 0.1) is 0 Å². The van der Waals surface area contributed by atoms with Crippen molar-refractivity contribution in [2.24, 2.45) is 0 Å². The van der Waals surface area contributed by atoms with Gasteiger partial charge in [0.1, 0.15) is 4.60 Å². The summed E-state index contributed by atoms with van der Waals surface area (Å²) in [5.41, 5.74) is 1.08. The molecule has 0 saturated carbocycles. The highest BCUT2D eigenvalue weighted by Crippen LogP contribution is 2.14. The van der Waals surface area contributed by atoms with Gasteiger partial charge in [0.15, 0.2) is 5.01 Å². The Balaban J connectivity index is 1.94. The fraction of sp³-hybridized carbons (Fsp3) is 0.0909. The van der Waals surface area contributed by atoms with Crippen molar-refractivity contribution in [1.82, 2.24) is 10.3 Å². The Kier molecular flexibility index (Phi) is 3.69. The summed E-state index contributed by atoms with van der Waals surface area (Å²) in [4.78, 5) is 15.7. The number of thiazole rings is 1. The molecule has 0 bridgehead atoms. The van der Waals surface area contributed by atoms with Crippen molar-refractivity contribution in [2.75, 3.05) is 0 Å². The molecule has 0 unspecified atom stereocenters. The number of benzene rings is 1. The summed E-state index contributed by atoms with van der Waals surface area (Å²) in [6.07, 6.45) is 0. The first-order valence-corrected chi connectivity index (χ1v) is 6.36. The van der Waals surface area contributed by atoms with E-state index in [9.17, 15) is 4.79 Å². The van der Waals surface area contributed by atoms with Crippen molar-refractivity contribution >= 4 is 33.2 Å². The van der Waals surface area contributed by atoms with Crippen LogP contribution in [0.25, 0.3) is 0 Å². The molecule has 0 aliphatic carbocycles. The Morgan fingerprint density at radius 1 is 1.38 bits per heavy atom. The average molecular weight is 297 g/mol. The van der Waals surface area contributed by atoms with E-state index in [4.69, 9.17) is 0 Å². The lowest BCUT2D eigenvalue weighted by Gasteiger charge is -2.02. The topological polar surface area (TPSA) is 42.0 Å². The van der Waals surface area contributed by atoms with Gasteiger partial charge < -0.3 is 5.32 Å². The predicted molar refractivity (Wildman–Crippen MR) is 67.4 cm³/mol. The molecule has 2 rings (SSSR count). The first-order chi connectivity index (χ1) is 7.75. The SMILES string of the molecule is O=C(NCc1ccccc1)c1nc(Br)cs1. The number of amides is 1. The third-order valence-electron chi connectivity index (χ3n) is 1.97. The van der Waals surface area contributed by atoms with Gasteiger partial charge in [-0.1, -0.05) is 30.3 Å². The average Bonchev–Trinajstić information content (AvgIpc) is 2.74. The van der Waals surface area contributed by atoms with E-state index in [0.717, 1.165) is 5.56 Å². The minimum absolute atomic E-state index is 0.139. The van der Waals surface area contributed by atoms with Crippen molar-refractivity contribution in [3.63, 3.8) is 0 Å². The van der Waals surface area contributed by atoms with Gasteiger partial charge in [0.05, 0.1) is 0 Å². The zero-order valence-corrected chi connectivity index (χ0v) is 10.7. The van der Waals surface area contributed by atoms with Crippen LogP contribution in [0.5, 0.6) is 0 Å². The van der Waals surface area contributed by atoms with Crippen LogP contribution >= 0.6 is 27.3 Å². The Labute approximate surface area is 106 Å². The first-order valence-electron chi connectivity index (χ1n) is 4.69. The molecule has 1 aromatic heterocycles. The highest BCUT2D eigenvalue weighted by atomic mass is 79.9. The number of carbonyl (C=O) groups excluding carboxylic acids is 1. The van der Waals surface area contributed by atoms with Gasteiger partial charge in [-0.25, -0.2) is 4.98 Å². The Morgan fingerprint density at radius 3 is 2.75 bits per heavy atom. The number of aromatic nitrogens is 1. The van der Waals surface area contributed by atoms with Crippen molar-refractivity contribution < 1.29 is 4.79 Å². The number of halogens is 1. The van der Waals surface area contributed by atoms with Gasteiger partial charge >= 0.3 is 0 Å². The van der Waals surface area contributed by atoms with Crippen LogP contribution < -0.4 is 5.32 Å². The zero-order valence-electron chi connectivity index (χ0n) is 8.31. The van der Waals surface area contributed by atoms with E-state index in [0.29, 0.717) is 16.2 Å². The molecule has 0 aliphatic heterocycles. The van der Waals surface area contributed by atoms with E-state index in [1.165, 1.54) is 11.3 Å². The molecule has 1 amide bonds. The van der Waals surface area contributed by atoms with Crippen LogP contribution in [0.3, 0.4) is 0 Å². The Morgan fingerprint density at radius 2 is 2.12 bits per heavy atom. The molecule has 1 heterocycles. The van der Waals surface area contributed by atoms with Crippen molar-refractivity contribution in [3.8, 4) is 0 Å². The van der Waals surface area contributed by atoms with Crippen molar-refractivity contribution in [2.45, 2.75) is 6.54 Å². The van der Waals surface area contributed by atoms with Crippen molar-refractivity contribution in [1.29, 1.82) is 0 Å². The summed E-state index contributed by atoms with van der Waals surface area (Å²) in [7, 11) is 0. The number of nitrogens with zero attached hydrogens (tertiary/aromatic N) is 1. The number of carbonyl (C=O) groups is 1. The van der Waals surface area contributed by atoms with E-state index in [1.807, 2.05) is 30.3 Å². The number of rotatable bonds is 3. The van der Waals surface area contributed by atoms with E-state index < -0.39 is 0 Å². The quantitative estimate of drug-likeness (QED) is 0.946. The molecule has 1 N–H and O–H groups in total. The first kappa shape index (κ1) is 11.3. The molecule has 82 valence electrons. The number of hydrogen-bond acceptors (Lipinski definition) is 3. The zero-order chi connectivity index (χ0) is 11.4. The second kappa shape index (κ2) is 5.23. The minimum Gasteiger partial charge on any atom is -0.346 e. The summed E-state index contributed by atoms with van der Waals surface area (Å²) < 4.78 is 0.697. The maximum Gasteiger partial charge on any atom is 0.280 e. The summed E-state index contributed by atoms with van der Waals surface area (Å²) in [5.74, 6) is -0.139. The normalized spacial score (nSPS) is 10.1. The Hall–Kier alpha value is -1.20. The standard InChI is InChI=1S/C11H9BrN2OS/c12-9-7-16-11(14-9)10(15)13-6-8-4-2-1-3-5-8/h1-5,7H,6H2,(H,13,15). The molecule has 2 aromatic rings. The molecular weight excluding hydrogens is 288 g/mol. The lowest BCUT2D eigenvalue weighted by Crippen LogP contribution is -2.22. The molecule has 0 spiro atoms. The van der Waals surface area contributed by atoms with Gasteiger partial charge in [0.25, 0.3) is 5.91 Å². The van der Waals surface area contributed by atoms with E-state index >= 15 is 0 Å². The van der Waals surface area contributed by atoms with Gasteiger partial charge in [0.2, 0.25) is 0 Å². The maximum atomic E-state index is 11.6. The van der Waals surface area contributed by atoms with Crippen LogP contribution in [-0.4, -0.2) is 10.9 Å². The van der Waals surface area contributed by atoms with E-state index in [1.54, 1.807) is 5.38 Å². The fourth-order valence-electron chi connectivity index (χ4n) is 1.21. The highest BCUT2D eigenvalue weighted by Gasteiger charge is 2.09. The Bertz CT molecular complexity index is 484. The molecule has 0 radical (unpaired) electrons. The lowest BCUT2D eigenvalue weighted by atomic mass is 10.2. The second-order valence-electron chi connectivity index (χ2n) is 3.14. The van der Waals surface area contributed by atoms with Crippen LogP contribution in [0.2, 0.25) is 0 Å². The lowest BCUT2D eigenvalue weighted by molar-refractivity contribution is 0.0950. The second-order valence-corrected chi connectivity index (χ2v) is 4.81. The van der Waals surface area contributed by atoms with Crippen LogP contribution in [0.1, 0.15) is 15.4 Å². The molecule has 1 aromatic carbocycles. The minimum atomic E-state index is -0.139. The van der Waals surface area contributed by atoms with Gasteiger partial charge in [-0.2, -0.15) is 0 Å². The number of hydrogen-bond donors (Lipinski definition) is 1. The largest absolute Gasteiger partial charge is 0.346 e. The van der Waals surface area contributed by atoms with Gasteiger partial charge in [-0.05, 0) is 21.5 Å². The molecule has 16 heavy (non-hydrogen) atoms. The van der Waals surface area contributed by atoms with Crippen LogP contribution in [0.4, 0.5) is 0 Å². The molecule has 0 atom stereocenters. The smallest absolute Gasteiger partial charge is 0.280 e. The molecule has 0 saturated heterocycles.